The van der Waals surface area contributed by atoms with E-state index in [1.165, 1.54) is 26.4 Å². The van der Waals surface area contributed by atoms with Crippen LogP contribution in [0.4, 0.5) is 18.9 Å². The Balaban J connectivity index is 1.85. The lowest BCUT2D eigenvalue weighted by Crippen LogP contribution is -2.37. The lowest BCUT2D eigenvalue weighted by molar-refractivity contribution is -0.138. The number of halogens is 3. The Labute approximate surface area is 175 Å². The average molecular weight is 433 g/mol. The average Bonchev–Trinajstić information content (AvgIpc) is 3.13. The third-order valence-electron chi connectivity index (χ3n) is 5.36. The first-order valence-electron chi connectivity index (χ1n) is 9.37. The highest BCUT2D eigenvalue weighted by Gasteiger charge is 2.44. The molecule has 0 spiro atoms. The maximum atomic E-state index is 13.2. The number of ether oxygens (including phenoxy) is 3. The summed E-state index contributed by atoms with van der Waals surface area (Å²) in [6.45, 7) is -0.209. The quantitative estimate of drug-likeness (QED) is 0.681. The fourth-order valence-electron chi connectivity index (χ4n) is 4.03. The smallest absolute Gasteiger partial charge is 0.416 e. The minimum Gasteiger partial charge on any atom is -0.493 e. The van der Waals surface area contributed by atoms with Crippen LogP contribution in [0.3, 0.4) is 0 Å². The minimum atomic E-state index is -4.56. The molecule has 1 amide bonds. The van der Waals surface area contributed by atoms with Crippen LogP contribution in [0.15, 0.2) is 53.7 Å². The van der Waals surface area contributed by atoms with Crippen molar-refractivity contribution in [1.29, 1.82) is 0 Å². The van der Waals surface area contributed by atoms with Gasteiger partial charge in [0.1, 0.15) is 6.61 Å². The molecule has 31 heavy (non-hydrogen) atoms. The first kappa shape index (κ1) is 20.8. The maximum absolute atomic E-state index is 13.2. The number of methoxy groups -OCH3 is 2. The summed E-state index contributed by atoms with van der Waals surface area (Å²) < 4.78 is 55.5. The number of alkyl halides is 3. The second-order valence-corrected chi connectivity index (χ2v) is 7.05. The molecule has 0 aliphatic carbocycles. The van der Waals surface area contributed by atoms with Gasteiger partial charge in [0.2, 0.25) is 5.91 Å². The van der Waals surface area contributed by atoms with E-state index >= 15 is 0 Å². The predicted molar refractivity (Wildman–Crippen MR) is 104 cm³/mol. The van der Waals surface area contributed by atoms with Crippen LogP contribution < -0.4 is 14.4 Å². The number of anilines is 1. The van der Waals surface area contributed by atoms with E-state index in [2.05, 4.69) is 0 Å². The van der Waals surface area contributed by atoms with E-state index in [0.29, 0.717) is 17.1 Å². The van der Waals surface area contributed by atoms with Crippen LogP contribution in [0, 0.1) is 0 Å². The van der Waals surface area contributed by atoms with E-state index in [4.69, 9.17) is 14.2 Å². The Bertz CT molecular complexity index is 1090. The normalized spacial score (nSPS) is 18.7. The molecule has 2 aromatic carbocycles. The molecule has 0 radical (unpaired) electrons. The van der Waals surface area contributed by atoms with Crippen LogP contribution in [0.2, 0.25) is 0 Å². The number of esters is 1. The number of rotatable bonds is 4. The fraction of sp³-hybridized carbons (Fsp3) is 0.273. The van der Waals surface area contributed by atoms with Crippen molar-refractivity contribution < 1.29 is 37.0 Å². The van der Waals surface area contributed by atoms with Gasteiger partial charge in [-0.3, -0.25) is 9.69 Å². The van der Waals surface area contributed by atoms with Gasteiger partial charge in [0.25, 0.3) is 0 Å². The summed E-state index contributed by atoms with van der Waals surface area (Å²) in [5.41, 5.74) is 0.160. The zero-order valence-electron chi connectivity index (χ0n) is 16.7. The van der Waals surface area contributed by atoms with E-state index < -0.39 is 29.5 Å². The predicted octanol–water partition coefficient (Wildman–Crippen LogP) is 4.05. The summed E-state index contributed by atoms with van der Waals surface area (Å²) in [5.74, 6) is -0.937. The molecule has 0 fully saturated rings. The van der Waals surface area contributed by atoms with E-state index in [-0.39, 0.29) is 30.0 Å². The van der Waals surface area contributed by atoms with Gasteiger partial charge in [-0.1, -0.05) is 18.2 Å². The first-order valence-corrected chi connectivity index (χ1v) is 9.37. The summed E-state index contributed by atoms with van der Waals surface area (Å²) in [6, 6.07) is 9.54. The number of cyclic esters (lactones) is 1. The summed E-state index contributed by atoms with van der Waals surface area (Å²) in [7, 11) is 2.92. The molecule has 6 nitrogen and oxygen atoms in total. The van der Waals surface area contributed by atoms with Crippen LogP contribution in [0.5, 0.6) is 11.5 Å². The van der Waals surface area contributed by atoms with Gasteiger partial charge >= 0.3 is 12.1 Å². The molecule has 1 atom stereocenters. The first-order chi connectivity index (χ1) is 14.8. The second kappa shape index (κ2) is 7.64. The van der Waals surface area contributed by atoms with Crippen LogP contribution >= 0.6 is 0 Å². The Hall–Kier alpha value is -3.49. The highest BCUT2D eigenvalue weighted by molar-refractivity contribution is 6.06. The van der Waals surface area contributed by atoms with E-state index in [1.54, 1.807) is 18.2 Å². The molecule has 1 unspecified atom stereocenters. The Kier molecular flexibility index (Phi) is 5.12. The van der Waals surface area contributed by atoms with Crippen LogP contribution in [-0.2, 0) is 20.5 Å². The zero-order chi connectivity index (χ0) is 22.3. The minimum absolute atomic E-state index is 0.0293. The van der Waals surface area contributed by atoms with Gasteiger partial charge in [-0.05, 0) is 24.3 Å². The zero-order valence-corrected chi connectivity index (χ0v) is 16.7. The third kappa shape index (κ3) is 3.49. The second-order valence-electron chi connectivity index (χ2n) is 7.05. The number of amides is 1. The SMILES string of the molecule is COc1cccc(C2CC(=O)N(c3cccc(C(F)(F)F)c3)C3=C2C(=O)OC3)c1OC. The number of hydrogen-bond donors (Lipinski definition) is 0. The molecule has 0 saturated heterocycles. The molecular formula is C22H18F3NO5. The third-order valence-corrected chi connectivity index (χ3v) is 5.36. The summed E-state index contributed by atoms with van der Waals surface area (Å²) in [6.07, 6.45) is -4.71. The molecule has 2 aliphatic rings. The molecule has 0 saturated carbocycles. The van der Waals surface area contributed by atoms with Gasteiger partial charge in [-0.15, -0.1) is 0 Å². The molecule has 4 rings (SSSR count). The highest BCUT2D eigenvalue weighted by Crippen LogP contribution is 2.46. The monoisotopic (exact) mass is 433 g/mol. The van der Waals surface area contributed by atoms with Crippen molar-refractivity contribution in [2.75, 3.05) is 25.7 Å². The van der Waals surface area contributed by atoms with Crippen molar-refractivity contribution in [1.82, 2.24) is 0 Å². The molecule has 2 aromatic rings. The van der Waals surface area contributed by atoms with Crippen LogP contribution in [0.25, 0.3) is 0 Å². The molecule has 0 N–H and O–H groups in total. The molecule has 0 bridgehead atoms. The molecular weight excluding hydrogens is 415 g/mol. The molecule has 2 aliphatic heterocycles. The standard InChI is InChI=1S/C22H18F3NO5/c1-29-17-8-4-7-14(20(17)30-2)15-10-18(27)26(16-11-31-21(28)19(15)16)13-6-3-5-12(9-13)22(23,24)25/h3-9,15H,10-11H2,1-2H3. The van der Waals surface area contributed by atoms with Crippen molar-refractivity contribution in [2.45, 2.75) is 18.5 Å². The maximum Gasteiger partial charge on any atom is 0.416 e. The van der Waals surface area contributed by atoms with Crippen LogP contribution in [0.1, 0.15) is 23.5 Å². The van der Waals surface area contributed by atoms with E-state index in [9.17, 15) is 22.8 Å². The van der Waals surface area contributed by atoms with Gasteiger partial charge in [0.15, 0.2) is 11.5 Å². The summed E-state index contributed by atoms with van der Waals surface area (Å²) in [5, 5.41) is 0. The molecule has 9 heteroatoms. The molecule has 2 heterocycles. The summed E-state index contributed by atoms with van der Waals surface area (Å²) in [4.78, 5) is 26.8. The van der Waals surface area contributed by atoms with Crippen molar-refractivity contribution >= 4 is 17.6 Å². The number of benzene rings is 2. The van der Waals surface area contributed by atoms with Crippen LogP contribution in [-0.4, -0.2) is 32.7 Å². The summed E-state index contributed by atoms with van der Waals surface area (Å²) >= 11 is 0. The molecule has 162 valence electrons. The van der Waals surface area contributed by atoms with Crippen molar-refractivity contribution in [3.8, 4) is 11.5 Å². The lowest BCUT2D eigenvalue weighted by atomic mass is 9.83. The van der Waals surface area contributed by atoms with Crippen molar-refractivity contribution in [3.63, 3.8) is 0 Å². The number of nitrogens with zero attached hydrogens (tertiary/aromatic N) is 1. The topological polar surface area (TPSA) is 65.1 Å². The van der Waals surface area contributed by atoms with Crippen molar-refractivity contribution in [2.24, 2.45) is 0 Å². The number of hydrogen-bond acceptors (Lipinski definition) is 5. The highest BCUT2D eigenvalue weighted by atomic mass is 19.4. The van der Waals surface area contributed by atoms with E-state index in [1.807, 2.05) is 0 Å². The molecule has 0 aromatic heterocycles. The number of carbonyl (C=O) groups excluding carboxylic acids is 2. The Morgan fingerprint density at radius 1 is 1.06 bits per heavy atom. The lowest BCUT2D eigenvalue weighted by Gasteiger charge is -2.32. The van der Waals surface area contributed by atoms with Gasteiger partial charge in [-0.2, -0.15) is 13.2 Å². The van der Waals surface area contributed by atoms with E-state index in [0.717, 1.165) is 17.0 Å². The van der Waals surface area contributed by atoms with Crippen molar-refractivity contribution in [3.05, 3.63) is 64.9 Å². The largest absolute Gasteiger partial charge is 0.493 e. The van der Waals surface area contributed by atoms with Gasteiger partial charge in [-0.25, -0.2) is 4.79 Å². The fourth-order valence-corrected chi connectivity index (χ4v) is 4.03. The number of carbonyl (C=O) groups is 2. The Morgan fingerprint density at radius 3 is 2.48 bits per heavy atom. The number of para-hydroxylation sites is 1. The Morgan fingerprint density at radius 2 is 1.81 bits per heavy atom. The van der Waals surface area contributed by atoms with Gasteiger partial charge in [0.05, 0.1) is 31.1 Å². The van der Waals surface area contributed by atoms with Gasteiger partial charge < -0.3 is 14.2 Å². The van der Waals surface area contributed by atoms with Gasteiger partial charge in [0, 0.05) is 23.6 Å².